The van der Waals surface area contributed by atoms with Crippen LogP contribution in [0.4, 0.5) is 0 Å². The first-order valence-electron chi connectivity index (χ1n) is 5.12. The Hall–Kier alpha value is -0.610. The smallest absolute Gasteiger partial charge is 0.238 e. The number of hydrogen-bond acceptors (Lipinski definition) is 3. The van der Waals surface area contributed by atoms with Gasteiger partial charge in [0.15, 0.2) is 0 Å². The summed E-state index contributed by atoms with van der Waals surface area (Å²) in [5.74, 6) is 0.110. The molecule has 1 heterocycles. The summed E-state index contributed by atoms with van der Waals surface area (Å²) in [4.78, 5) is 16.1. The van der Waals surface area contributed by atoms with Crippen molar-refractivity contribution in [2.45, 2.75) is 32.0 Å². The van der Waals surface area contributed by atoms with Gasteiger partial charge in [0.05, 0.1) is 0 Å². The third-order valence-corrected chi connectivity index (χ3v) is 3.34. The Labute approximate surface area is 86.2 Å². The number of carbonyl (C=O) groups excluding carboxylic acids is 1. The van der Waals surface area contributed by atoms with E-state index in [0.717, 1.165) is 6.54 Å². The molecule has 1 amide bonds. The summed E-state index contributed by atoms with van der Waals surface area (Å²) in [6, 6.07) is 0.751. The van der Waals surface area contributed by atoms with E-state index in [-0.39, 0.29) is 18.0 Å². The molecule has 0 aliphatic carbocycles. The number of nitrogens with zero attached hydrogens (tertiary/aromatic N) is 2. The molecule has 82 valence electrons. The second kappa shape index (κ2) is 4.28. The molecule has 4 nitrogen and oxygen atoms in total. The first kappa shape index (κ1) is 11.5. The van der Waals surface area contributed by atoms with E-state index in [9.17, 15) is 4.79 Å². The highest BCUT2D eigenvalue weighted by Gasteiger charge is 2.37. The molecular formula is C10H21N3O. The van der Waals surface area contributed by atoms with Crippen molar-refractivity contribution >= 4 is 5.91 Å². The molecular weight excluding hydrogens is 181 g/mol. The van der Waals surface area contributed by atoms with Gasteiger partial charge in [0, 0.05) is 25.7 Å². The molecule has 1 N–H and O–H groups in total. The minimum Gasteiger partial charge on any atom is -0.358 e. The molecule has 0 aromatic carbocycles. The van der Waals surface area contributed by atoms with Gasteiger partial charge < -0.3 is 5.32 Å². The number of carbonyl (C=O) groups is 1. The van der Waals surface area contributed by atoms with Crippen LogP contribution in [0.3, 0.4) is 0 Å². The van der Waals surface area contributed by atoms with E-state index in [1.165, 1.54) is 0 Å². The van der Waals surface area contributed by atoms with E-state index < -0.39 is 0 Å². The van der Waals surface area contributed by atoms with Crippen molar-refractivity contribution in [1.29, 1.82) is 0 Å². The maximum Gasteiger partial charge on any atom is 0.238 e. The van der Waals surface area contributed by atoms with Crippen LogP contribution in [0.2, 0.25) is 0 Å². The Balaban J connectivity index is 2.78. The van der Waals surface area contributed by atoms with Crippen molar-refractivity contribution in [3.8, 4) is 0 Å². The van der Waals surface area contributed by atoms with Gasteiger partial charge in [0.2, 0.25) is 5.91 Å². The van der Waals surface area contributed by atoms with Gasteiger partial charge in [-0.2, -0.15) is 0 Å². The average molecular weight is 202 g/mol. The molecule has 0 bridgehead atoms. The minimum absolute atomic E-state index is 0.0267. The molecule has 1 saturated heterocycles. The van der Waals surface area contributed by atoms with Crippen LogP contribution >= 0.6 is 0 Å². The number of rotatable bonds is 1. The molecule has 1 fully saturated rings. The Morgan fingerprint density at radius 3 is 2.43 bits per heavy atom. The molecule has 0 saturated carbocycles. The Morgan fingerprint density at radius 2 is 1.93 bits per heavy atom. The lowest BCUT2D eigenvalue weighted by Gasteiger charge is -2.46. The van der Waals surface area contributed by atoms with Crippen LogP contribution in [0.15, 0.2) is 0 Å². The zero-order valence-electron chi connectivity index (χ0n) is 9.74. The molecule has 0 spiro atoms. The summed E-state index contributed by atoms with van der Waals surface area (Å²) < 4.78 is 0. The minimum atomic E-state index is -0.0267. The van der Waals surface area contributed by atoms with E-state index >= 15 is 0 Å². The number of amides is 1. The fourth-order valence-electron chi connectivity index (χ4n) is 2.22. The molecule has 3 atom stereocenters. The summed E-state index contributed by atoms with van der Waals surface area (Å²) in [7, 11) is 5.79. The second-order valence-electron chi connectivity index (χ2n) is 4.25. The van der Waals surface area contributed by atoms with E-state index in [4.69, 9.17) is 0 Å². The van der Waals surface area contributed by atoms with Gasteiger partial charge in [0.25, 0.3) is 0 Å². The van der Waals surface area contributed by atoms with Gasteiger partial charge in [-0.3, -0.25) is 14.6 Å². The molecule has 1 aliphatic heterocycles. The van der Waals surface area contributed by atoms with Crippen molar-refractivity contribution in [2.24, 2.45) is 0 Å². The molecule has 4 heteroatoms. The van der Waals surface area contributed by atoms with Gasteiger partial charge in [-0.05, 0) is 27.9 Å². The Bertz CT molecular complexity index is 219. The molecule has 14 heavy (non-hydrogen) atoms. The van der Waals surface area contributed by atoms with E-state index in [1.54, 1.807) is 7.05 Å². The first-order valence-corrected chi connectivity index (χ1v) is 5.12. The maximum absolute atomic E-state index is 11.7. The number of likely N-dealkylation sites (N-methyl/N-ethyl adjacent to an activating group) is 3. The largest absolute Gasteiger partial charge is 0.358 e. The third-order valence-electron chi connectivity index (χ3n) is 3.34. The predicted octanol–water partition coefficient (Wildman–Crippen LogP) is -0.245. The third kappa shape index (κ3) is 1.91. The molecule has 3 unspecified atom stereocenters. The van der Waals surface area contributed by atoms with Gasteiger partial charge in [-0.15, -0.1) is 0 Å². The summed E-state index contributed by atoms with van der Waals surface area (Å²) in [5.41, 5.74) is 0. The SMILES string of the molecule is CC1CN(C)C(C(=O)[15NH][13CH3])C(C)[15N]1C. The molecule has 0 radical (unpaired) electrons. The predicted molar refractivity (Wildman–Crippen MR) is 57.2 cm³/mol. The van der Waals surface area contributed by atoms with Crippen LogP contribution in [0, 0.1) is 0 Å². The standard InChI is InChI=1S/C10H21N3O/c1-7-6-12(4)9(10(14)11-3)8(2)13(7)5/h7-9H,6H2,1-5H3,(H,11,14)/i3+1,11+1,13+1. The number of hydrogen-bond donors (Lipinski definition) is 1. The van der Waals surface area contributed by atoms with Crippen LogP contribution in [-0.4, -0.2) is 61.5 Å². The van der Waals surface area contributed by atoms with E-state index in [2.05, 4.69) is 36.0 Å². The highest BCUT2D eigenvalue weighted by molar-refractivity contribution is 5.82. The summed E-state index contributed by atoms with van der Waals surface area (Å²) in [6.07, 6.45) is 0. The fraction of sp³-hybridized carbons (Fsp3) is 0.900. The Morgan fingerprint density at radius 1 is 1.36 bits per heavy atom. The molecule has 0 aromatic heterocycles. The van der Waals surface area contributed by atoms with Crippen LogP contribution in [0.1, 0.15) is 13.8 Å². The molecule has 1 aliphatic rings. The van der Waals surface area contributed by atoms with Crippen LogP contribution in [-0.2, 0) is 4.79 Å². The summed E-state index contributed by atoms with van der Waals surface area (Å²) in [5, 5.41) is 2.72. The van der Waals surface area contributed by atoms with Gasteiger partial charge >= 0.3 is 0 Å². The van der Waals surface area contributed by atoms with Gasteiger partial charge in [-0.25, -0.2) is 0 Å². The second-order valence-corrected chi connectivity index (χ2v) is 4.25. The van der Waals surface area contributed by atoms with Crippen molar-refractivity contribution in [1.82, 2.24) is 15.1 Å². The molecule has 0 aromatic rings. The topological polar surface area (TPSA) is 35.6 Å². The summed E-state index contributed by atoms with van der Waals surface area (Å²) in [6.45, 7) is 5.23. The zero-order valence-corrected chi connectivity index (χ0v) is 9.74. The first-order chi connectivity index (χ1) is 6.49. The van der Waals surface area contributed by atoms with Crippen molar-refractivity contribution < 1.29 is 4.79 Å². The van der Waals surface area contributed by atoms with Crippen molar-refractivity contribution in [3.05, 3.63) is 0 Å². The van der Waals surface area contributed by atoms with E-state index in [1.807, 2.05) is 7.05 Å². The average Bonchev–Trinajstić information content (AvgIpc) is 2.14. The van der Waals surface area contributed by atoms with Crippen molar-refractivity contribution in [2.75, 3.05) is 27.7 Å². The fourth-order valence-corrected chi connectivity index (χ4v) is 2.22. The monoisotopic (exact) mass is 202 g/mol. The van der Waals surface area contributed by atoms with Crippen LogP contribution in [0.5, 0.6) is 0 Å². The Kier molecular flexibility index (Phi) is 3.50. The zero-order chi connectivity index (χ0) is 10.9. The molecule has 1 rings (SSSR count). The highest BCUT2D eigenvalue weighted by atomic mass is 16.2. The maximum atomic E-state index is 11.7. The van der Waals surface area contributed by atoms with Gasteiger partial charge in [0.1, 0.15) is 6.04 Å². The van der Waals surface area contributed by atoms with Gasteiger partial charge in [-0.1, -0.05) is 0 Å². The lowest BCUT2D eigenvalue weighted by molar-refractivity contribution is -0.130. The number of nitrogens with one attached hydrogen (secondary N) is 1. The van der Waals surface area contributed by atoms with E-state index in [0.29, 0.717) is 6.04 Å². The lowest BCUT2D eigenvalue weighted by atomic mass is 10.0. The quantitative estimate of drug-likeness (QED) is 0.471. The van der Waals surface area contributed by atoms with Crippen LogP contribution in [0.25, 0.3) is 0 Å². The van der Waals surface area contributed by atoms with Crippen molar-refractivity contribution in [3.63, 3.8) is 0 Å². The summed E-state index contributed by atoms with van der Waals surface area (Å²) >= 11 is 0. The number of piperazine rings is 1. The lowest BCUT2D eigenvalue weighted by Crippen LogP contribution is -2.63. The van der Waals surface area contributed by atoms with Crippen LogP contribution < -0.4 is 5.32 Å². The normalized spacial score (nSPS) is 35.6. The highest BCUT2D eigenvalue weighted by Crippen LogP contribution is 2.18.